The van der Waals surface area contributed by atoms with Crippen LogP contribution in [0.3, 0.4) is 0 Å². The van der Waals surface area contributed by atoms with E-state index in [2.05, 4.69) is 60.3 Å². The number of anilines is 2. The summed E-state index contributed by atoms with van der Waals surface area (Å²) in [6.45, 7) is 9.25. The highest BCUT2D eigenvalue weighted by molar-refractivity contribution is 5.66. The summed E-state index contributed by atoms with van der Waals surface area (Å²) in [5.41, 5.74) is 4.32. The Morgan fingerprint density at radius 3 is 2.42 bits per heavy atom. The molecule has 0 aliphatic rings. The Balaban J connectivity index is 1.80. The van der Waals surface area contributed by atoms with Gasteiger partial charge < -0.3 is 10.1 Å². The monoisotopic (exact) mass is 347 g/mol. The van der Waals surface area contributed by atoms with E-state index in [4.69, 9.17) is 4.74 Å². The molecule has 3 aromatic rings. The number of hydrogen-bond donors (Lipinski definition) is 1. The van der Waals surface area contributed by atoms with Crippen LogP contribution in [0.5, 0.6) is 5.75 Å². The molecular weight excluding hydrogens is 322 g/mol. The van der Waals surface area contributed by atoms with E-state index >= 15 is 0 Å². The molecule has 0 aliphatic carbocycles. The molecule has 1 N–H and O–H groups in total. The normalized spacial score (nSPS) is 11.2. The third-order valence-electron chi connectivity index (χ3n) is 4.13. The zero-order valence-electron chi connectivity index (χ0n) is 15.8. The average molecular weight is 347 g/mol. The number of benzene rings is 2. The molecule has 2 aromatic carbocycles. The Morgan fingerprint density at radius 1 is 0.962 bits per heavy atom. The quantitative estimate of drug-likeness (QED) is 0.654. The Morgan fingerprint density at radius 2 is 1.73 bits per heavy atom. The molecule has 0 atom stereocenters. The number of nitrogens with one attached hydrogen (secondary N) is 1. The zero-order valence-corrected chi connectivity index (χ0v) is 15.8. The molecular formula is C22H25N3O. The molecule has 26 heavy (non-hydrogen) atoms. The maximum absolute atomic E-state index is 5.57. The summed E-state index contributed by atoms with van der Waals surface area (Å²) in [5, 5.41) is 3.35. The van der Waals surface area contributed by atoms with Gasteiger partial charge in [0.2, 0.25) is 0 Å². The Hall–Kier alpha value is -2.88. The molecule has 0 saturated carbocycles. The van der Waals surface area contributed by atoms with Gasteiger partial charge in [0, 0.05) is 17.3 Å². The summed E-state index contributed by atoms with van der Waals surface area (Å²) in [7, 11) is 0. The van der Waals surface area contributed by atoms with Crippen LogP contribution in [0, 0.1) is 0 Å². The number of aromatic nitrogens is 2. The van der Waals surface area contributed by atoms with Crippen LogP contribution in [0.2, 0.25) is 0 Å². The van der Waals surface area contributed by atoms with Crippen molar-refractivity contribution in [3.05, 3.63) is 66.5 Å². The lowest BCUT2D eigenvalue weighted by atomic mass is 9.87. The lowest BCUT2D eigenvalue weighted by molar-refractivity contribution is 0.340. The summed E-state index contributed by atoms with van der Waals surface area (Å²) in [5.74, 6) is 1.61. The predicted molar refractivity (Wildman–Crippen MR) is 107 cm³/mol. The molecule has 3 rings (SSSR count). The summed E-state index contributed by atoms with van der Waals surface area (Å²) in [4.78, 5) is 8.73. The van der Waals surface area contributed by atoms with Crippen molar-refractivity contribution in [1.29, 1.82) is 0 Å². The lowest BCUT2D eigenvalue weighted by Gasteiger charge is -2.19. The minimum Gasteiger partial charge on any atom is -0.494 e. The maximum Gasteiger partial charge on any atom is 0.134 e. The van der Waals surface area contributed by atoms with E-state index < -0.39 is 0 Å². The first-order valence-electron chi connectivity index (χ1n) is 8.88. The van der Waals surface area contributed by atoms with Crippen molar-refractivity contribution in [3.8, 4) is 17.0 Å². The zero-order chi connectivity index (χ0) is 18.6. The molecule has 4 heteroatoms. The first kappa shape index (κ1) is 17.9. The largest absolute Gasteiger partial charge is 0.494 e. The van der Waals surface area contributed by atoms with E-state index in [-0.39, 0.29) is 5.41 Å². The lowest BCUT2D eigenvalue weighted by Crippen LogP contribution is -2.10. The molecule has 1 heterocycles. The third-order valence-corrected chi connectivity index (χ3v) is 4.13. The molecule has 134 valence electrons. The summed E-state index contributed by atoms with van der Waals surface area (Å²) in [6.07, 6.45) is 1.58. The number of hydrogen-bond acceptors (Lipinski definition) is 4. The van der Waals surface area contributed by atoms with E-state index in [0.717, 1.165) is 28.5 Å². The van der Waals surface area contributed by atoms with Gasteiger partial charge in [0.1, 0.15) is 17.9 Å². The van der Waals surface area contributed by atoms with Gasteiger partial charge in [0.25, 0.3) is 0 Å². The van der Waals surface area contributed by atoms with Crippen LogP contribution in [0.4, 0.5) is 11.5 Å². The fourth-order valence-corrected chi connectivity index (χ4v) is 2.70. The summed E-state index contributed by atoms with van der Waals surface area (Å²) >= 11 is 0. The van der Waals surface area contributed by atoms with Crippen molar-refractivity contribution in [2.45, 2.75) is 33.1 Å². The van der Waals surface area contributed by atoms with Gasteiger partial charge in [-0.25, -0.2) is 9.97 Å². The van der Waals surface area contributed by atoms with Crippen LogP contribution >= 0.6 is 0 Å². The Kier molecular flexibility index (Phi) is 5.21. The number of rotatable bonds is 5. The van der Waals surface area contributed by atoms with Crippen molar-refractivity contribution < 1.29 is 4.74 Å². The van der Waals surface area contributed by atoms with Crippen LogP contribution < -0.4 is 10.1 Å². The fraction of sp³-hybridized carbons (Fsp3) is 0.273. The second-order valence-electron chi connectivity index (χ2n) is 7.20. The minimum absolute atomic E-state index is 0.145. The highest BCUT2D eigenvalue weighted by Gasteiger charge is 2.13. The SMILES string of the molecule is CCOc1cccc(-c2cc(Nc3ccc(C(C)(C)C)cc3)ncn2)c1. The molecule has 0 fully saturated rings. The fourth-order valence-electron chi connectivity index (χ4n) is 2.70. The van der Waals surface area contributed by atoms with E-state index in [9.17, 15) is 0 Å². The van der Waals surface area contributed by atoms with Crippen LogP contribution in [0.1, 0.15) is 33.3 Å². The second-order valence-corrected chi connectivity index (χ2v) is 7.20. The molecule has 0 bridgehead atoms. The minimum atomic E-state index is 0.145. The molecule has 0 spiro atoms. The molecule has 0 unspecified atom stereocenters. The highest BCUT2D eigenvalue weighted by Crippen LogP contribution is 2.26. The van der Waals surface area contributed by atoms with Gasteiger partial charge in [-0.1, -0.05) is 45.0 Å². The van der Waals surface area contributed by atoms with Crippen molar-refractivity contribution in [2.24, 2.45) is 0 Å². The van der Waals surface area contributed by atoms with Gasteiger partial charge in [-0.15, -0.1) is 0 Å². The van der Waals surface area contributed by atoms with Crippen molar-refractivity contribution >= 4 is 11.5 Å². The molecule has 0 radical (unpaired) electrons. The van der Waals surface area contributed by atoms with Gasteiger partial charge in [-0.2, -0.15) is 0 Å². The van der Waals surface area contributed by atoms with E-state index in [1.807, 2.05) is 37.3 Å². The molecule has 0 saturated heterocycles. The van der Waals surface area contributed by atoms with Gasteiger partial charge >= 0.3 is 0 Å². The number of ether oxygens (including phenoxy) is 1. The van der Waals surface area contributed by atoms with E-state index in [1.54, 1.807) is 6.33 Å². The van der Waals surface area contributed by atoms with Gasteiger partial charge in [-0.3, -0.25) is 0 Å². The van der Waals surface area contributed by atoms with Crippen molar-refractivity contribution in [3.63, 3.8) is 0 Å². The van der Waals surface area contributed by atoms with Gasteiger partial charge in [0.05, 0.1) is 12.3 Å². The standard InChI is InChI=1S/C22H25N3O/c1-5-26-19-8-6-7-16(13-19)20-14-21(24-15-23-20)25-18-11-9-17(10-12-18)22(2,3)4/h6-15H,5H2,1-4H3,(H,23,24,25). The first-order chi connectivity index (χ1) is 12.5. The number of nitrogens with zero attached hydrogens (tertiary/aromatic N) is 2. The first-order valence-corrected chi connectivity index (χ1v) is 8.88. The third kappa shape index (κ3) is 4.39. The average Bonchev–Trinajstić information content (AvgIpc) is 2.62. The van der Waals surface area contributed by atoms with Crippen LogP contribution in [-0.2, 0) is 5.41 Å². The topological polar surface area (TPSA) is 47.0 Å². The highest BCUT2D eigenvalue weighted by atomic mass is 16.5. The van der Waals surface area contributed by atoms with Crippen LogP contribution in [-0.4, -0.2) is 16.6 Å². The Labute approximate surface area is 155 Å². The Bertz CT molecular complexity index is 867. The predicted octanol–water partition coefficient (Wildman–Crippen LogP) is 5.58. The van der Waals surface area contributed by atoms with E-state index in [0.29, 0.717) is 6.61 Å². The van der Waals surface area contributed by atoms with Crippen molar-refractivity contribution in [2.75, 3.05) is 11.9 Å². The maximum atomic E-state index is 5.57. The second kappa shape index (κ2) is 7.56. The van der Waals surface area contributed by atoms with Gasteiger partial charge in [-0.05, 0) is 42.2 Å². The van der Waals surface area contributed by atoms with Gasteiger partial charge in [0.15, 0.2) is 0 Å². The molecule has 0 amide bonds. The summed E-state index contributed by atoms with van der Waals surface area (Å²) < 4.78 is 5.57. The van der Waals surface area contributed by atoms with Crippen LogP contribution in [0.25, 0.3) is 11.3 Å². The van der Waals surface area contributed by atoms with Crippen LogP contribution in [0.15, 0.2) is 60.9 Å². The summed E-state index contributed by atoms with van der Waals surface area (Å²) in [6, 6.07) is 18.3. The smallest absolute Gasteiger partial charge is 0.134 e. The van der Waals surface area contributed by atoms with Crippen molar-refractivity contribution in [1.82, 2.24) is 9.97 Å². The molecule has 4 nitrogen and oxygen atoms in total. The van der Waals surface area contributed by atoms with E-state index in [1.165, 1.54) is 5.56 Å². The molecule has 0 aliphatic heterocycles. The molecule has 1 aromatic heterocycles.